The molecule has 1 aromatic rings. The molecule has 0 amide bonds. The molecule has 0 bridgehead atoms. The molecule has 1 heterocycles. The molecule has 0 aliphatic carbocycles. The highest BCUT2D eigenvalue weighted by atomic mass is 16.7. The van der Waals surface area contributed by atoms with Crippen molar-refractivity contribution in [2.45, 2.75) is 39.5 Å². The highest BCUT2D eigenvalue weighted by molar-refractivity contribution is 5.63. The number of aromatic nitrogens is 2. The summed E-state index contributed by atoms with van der Waals surface area (Å²) in [7, 11) is 1.26. The molecule has 0 spiro atoms. The van der Waals surface area contributed by atoms with Gasteiger partial charge in [0.15, 0.2) is 0 Å². The van der Waals surface area contributed by atoms with E-state index < -0.39 is 6.16 Å². The molecule has 5 heteroatoms. The van der Waals surface area contributed by atoms with Crippen LogP contribution in [0, 0.1) is 0 Å². The van der Waals surface area contributed by atoms with Crippen LogP contribution in [0.15, 0.2) is 6.20 Å². The van der Waals surface area contributed by atoms with E-state index in [9.17, 15) is 4.79 Å². The lowest BCUT2D eigenvalue weighted by Crippen LogP contribution is -2.13. The third-order valence-corrected chi connectivity index (χ3v) is 2.27. The van der Waals surface area contributed by atoms with Gasteiger partial charge in [-0.25, -0.2) is 9.78 Å². The van der Waals surface area contributed by atoms with Crippen LogP contribution in [0.4, 0.5) is 4.79 Å². The summed E-state index contributed by atoms with van der Waals surface area (Å²) in [6, 6.07) is 0. The lowest BCUT2D eigenvalue weighted by Gasteiger charge is -2.12. The highest BCUT2D eigenvalue weighted by Crippen LogP contribution is 2.24. The average molecular weight is 238 g/mol. The summed E-state index contributed by atoms with van der Waals surface area (Å²) in [4.78, 5) is 19.7. The van der Waals surface area contributed by atoms with Gasteiger partial charge in [0.25, 0.3) is 0 Å². The molecule has 0 aliphatic rings. The van der Waals surface area contributed by atoms with E-state index in [1.165, 1.54) is 7.11 Å². The Kier molecular flexibility index (Phi) is 4.43. The van der Waals surface area contributed by atoms with Gasteiger partial charge in [0, 0.05) is 12.1 Å². The Bertz CT molecular complexity index is 403. The van der Waals surface area contributed by atoms with Gasteiger partial charge >= 0.3 is 6.16 Å². The summed E-state index contributed by atoms with van der Waals surface area (Å²) >= 11 is 0. The molecule has 0 N–H and O–H groups in total. The fraction of sp³-hybridized carbons (Fsp3) is 0.583. The number of hydrogen-bond acceptors (Lipinski definition) is 5. The van der Waals surface area contributed by atoms with Crippen molar-refractivity contribution in [3.63, 3.8) is 0 Å². The van der Waals surface area contributed by atoms with Crippen LogP contribution in [0.3, 0.4) is 0 Å². The van der Waals surface area contributed by atoms with Crippen molar-refractivity contribution in [1.82, 2.24) is 9.97 Å². The van der Waals surface area contributed by atoms with Crippen molar-refractivity contribution in [3.05, 3.63) is 17.6 Å². The first-order chi connectivity index (χ1) is 7.95. The maximum Gasteiger partial charge on any atom is 0.514 e. The van der Waals surface area contributed by atoms with E-state index in [4.69, 9.17) is 4.74 Å². The van der Waals surface area contributed by atoms with Crippen molar-refractivity contribution in [2.75, 3.05) is 7.11 Å². The van der Waals surface area contributed by atoms with Gasteiger partial charge in [-0.15, -0.1) is 0 Å². The van der Waals surface area contributed by atoms with Crippen LogP contribution in [0.1, 0.15) is 50.9 Å². The van der Waals surface area contributed by atoms with Gasteiger partial charge in [0.05, 0.1) is 12.8 Å². The third kappa shape index (κ3) is 3.41. The van der Waals surface area contributed by atoms with Crippen LogP contribution in [-0.2, 0) is 4.74 Å². The van der Waals surface area contributed by atoms with Gasteiger partial charge in [-0.3, -0.25) is 4.98 Å². The molecule has 0 saturated heterocycles. The fourth-order valence-electron chi connectivity index (χ4n) is 1.26. The van der Waals surface area contributed by atoms with E-state index in [1.54, 1.807) is 6.20 Å². The number of methoxy groups -OCH3 is 1. The minimum Gasteiger partial charge on any atom is -0.437 e. The predicted octanol–water partition coefficient (Wildman–Crippen LogP) is 2.87. The molecule has 1 aromatic heterocycles. The SMILES string of the molecule is COC(=O)Oc1nc(C(C)C)cnc1C(C)C. The second-order valence-corrected chi connectivity index (χ2v) is 4.35. The van der Waals surface area contributed by atoms with E-state index in [1.807, 2.05) is 27.7 Å². The van der Waals surface area contributed by atoms with Crippen LogP contribution < -0.4 is 4.74 Å². The number of rotatable bonds is 3. The van der Waals surface area contributed by atoms with Crippen molar-refractivity contribution in [2.24, 2.45) is 0 Å². The Labute approximate surface area is 101 Å². The Morgan fingerprint density at radius 3 is 2.35 bits per heavy atom. The van der Waals surface area contributed by atoms with Crippen LogP contribution in [-0.4, -0.2) is 23.2 Å². The Balaban J connectivity index is 3.11. The smallest absolute Gasteiger partial charge is 0.437 e. The van der Waals surface area contributed by atoms with E-state index >= 15 is 0 Å². The standard InChI is InChI=1S/C12H18N2O3/c1-7(2)9-6-13-10(8(3)4)11(14-9)17-12(15)16-5/h6-8H,1-5H3. The minimum atomic E-state index is -0.776. The Hall–Kier alpha value is -1.65. The number of nitrogens with zero attached hydrogens (tertiary/aromatic N) is 2. The predicted molar refractivity (Wildman–Crippen MR) is 63.2 cm³/mol. The van der Waals surface area contributed by atoms with Crippen LogP contribution in [0.5, 0.6) is 5.88 Å². The van der Waals surface area contributed by atoms with Crippen molar-refractivity contribution >= 4 is 6.16 Å². The normalized spacial score (nSPS) is 10.8. The molecule has 94 valence electrons. The van der Waals surface area contributed by atoms with E-state index in [2.05, 4.69) is 14.7 Å². The molecule has 0 radical (unpaired) electrons. The average Bonchev–Trinajstić information content (AvgIpc) is 2.28. The monoisotopic (exact) mass is 238 g/mol. The topological polar surface area (TPSA) is 61.3 Å². The van der Waals surface area contributed by atoms with Crippen molar-refractivity contribution < 1.29 is 14.3 Å². The van der Waals surface area contributed by atoms with Crippen molar-refractivity contribution in [1.29, 1.82) is 0 Å². The summed E-state index contributed by atoms with van der Waals surface area (Å²) in [5.41, 5.74) is 1.44. The van der Waals surface area contributed by atoms with E-state index in [0.29, 0.717) is 5.69 Å². The molecule has 0 saturated carbocycles. The summed E-state index contributed by atoms with van der Waals surface area (Å²) < 4.78 is 9.47. The Morgan fingerprint density at radius 2 is 1.88 bits per heavy atom. The van der Waals surface area contributed by atoms with Crippen LogP contribution >= 0.6 is 0 Å². The van der Waals surface area contributed by atoms with Gasteiger partial charge in [-0.1, -0.05) is 27.7 Å². The fourth-order valence-corrected chi connectivity index (χ4v) is 1.26. The van der Waals surface area contributed by atoms with Crippen LogP contribution in [0.2, 0.25) is 0 Å². The first-order valence-corrected chi connectivity index (χ1v) is 5.58. The summed E-state index contributed by atoms with van der Waals surface area (Å²) in [5, 5.41) is 0. The molecule has 0 aliphatic heterocycles. The first kappa shape index (κ1) is 13.4. The zero-order valence-electron chi connectivity index (χ0n) is 10.9. The zero-order valence-corrected chi connectivity index (χ0v) is 10.9. The van der Waals surface area contributed by atoms with Gasteiger partial charge in [0.2, 0.25) is 5.88 Å². The number of carbonyl (C=O) groups is 1. The molecule has 0 atom stereocenters. The molecule has 1 rings (SSSR count). The quantitative estimate of drug-likeness (QED) is 0.758. The molecule has 0 aromatic carbocycles. The largest absolute Gasteiger partial charge is 0.514 e. The van der Waals surface area contributed by atoms with Gasteiger partial charge < -0.3 is 9.47 Å². The summed E-state index contributed by atoms with van der Waals surface area (Å²) in [5.74, 6) is 0.588. The number of hydrogen-bond donors (Lipinski definition) is 0. The summed E-state index contributed by atoms with van der Waals surface area (Å²) in [6.45, 7) is 7.92. The maximum atomic E-state index is 11.1. The molecule has 0 fully saturated rings. The van der Waals surface area contributed by atoms with E-state index in [0.717, 1.165) is 5.69 Å². The van der Waals surface area contributed by atoms with Crippen LogP contribution in [0.25, 0.3) is 0 Å². The maximum absolute atomic E-state index is 11.1. The highest BCUT2D eigenvalue weighted by Gasteiger charge is 2.17. The van der Waals surface area contributed by atoms with Gasteiger partial charge in [0.1, 0.15) is 5.69 Å². The molecule has 0 unspecified atom stereocenters. The molecule has 5 nitrogen and oxygen atoms in total. The third-order valence-electron chi connectivity index (χ3n) is 2.27. The lowest BCUT2D eigenvalue weighted by molar-refractivity contribution is 0.118. The first-order valence-electron chi connectivity index (χ1n) is 5.58. The van der Waals surface area contributed by atoms with Crippen molar-refractivity contribution in [3.8, 4) is 5.88 Å². The van der Waals surface area contributed by atoms with E-state index in [-0.39, 0.29) is 17.7 Å². The zero-order chi connectivity index (χ0) is 13.0. The minimum absolute atomic E-state index is 0.128. The van der Waals surface area contributed by atoms with Gasteiger partial charge in [-0.05, 0) is 5.92 Å². The van der Waals surface area contributed by atoms with Gasteiger partial charge in [-0.2, -0.15) is 0 Å². The molecular formula is C12H18N2O3. The molecular weight excluding hydrogens is 220 g/mol. The number of carbonyl (C=O) groups excluding carboxylic acids is 1. The summed E-state index contributed by atoms with van der Waals surface area (Å²) in [6.07, 6.45) is 0.937. The Morgan fingerprint density at radius 1 is 1.24 bits per heavy atom. The molecule has 17 heavy (non-hydrogen) atoms. The second kappa shape index (κ2) is 5.61. The second-order valence-electron chi connectivity index (χ2n) is 4.35. The number of ether oxygens (including phenoxy) is 2. The lowest BCUT2D eigenvalue weighted by atomic mass is 10.1.